The first-order chi connectivity index (χ1) is 7.51. The van der Waals surface area contributed by atoms with Gasteiger partial charge in [-0.1, -0.05) is 13.3 Å². The van der Waals surface area contributed by atoms with Gasteiger partial charge in [-0.3, -0.25) is 14.8 Å². The van der Waals surface area contributed by atoms with Crippen LogP contribution in [-0.2, 0) is 14.4 Å². The van der Waals surface area contributed by atoms with Crippen LogP contribution in [0.5, 0.6) is 0 Å². The Kier molecular flexibility index (Phi) is 6.86. The van der Waals surface area contributed by atoms with Crippen molar-refractivity contribution in [2.45, 2.75) is 26.2 Å². The minimum absolute atomic E-state index is 0.177. The SMILES string of the molecule is CCCC(CC(=O)NO)C(=O)NCC(=O)[O-]. The fourth-order valence-electron chi connectivity index (χ4n) is 1.25. The van der Waals surface area contributed by atoms with Gasteiger partial charge in [0.2, 0.25) is 11.8 Å². The topological polar surface area (TPSA) is 119 Å². The van der Waals surface area contributed by atoms with Gasteiger partial charge < -0.3 is 15.2 Å². The van der Waals surface area contributed by atoms with E-state index in [1.807, 2.05) is 6.92 Å². The molecule has 0 heterocycles. The zero-order chi connectivity index (χ0) is 12.6. The Labute approximate surface area is 92.8 Å². The molecule has 92 valence electrons. The molecule has 0 aliphatic heterocycles. The first-order valence-corrected chi connectivity index (χ1v) is 4.91. The van der Waals surface area contributed by atoms with E-state index in [4.69, 9.17) is 5.21 Å². The molecular formula is C9H15N2O5-. The van der Waals surface area contributed by atoms with Gasteiger partial charge in [0, 0.05) is 12.3 Å². The largest absolute Gasteiger partial charge is 0.548 e. The van der Waals surface area contributed by atoms with Gasteiger partial charge in [0.05, 0.1) is 12.5 Å². The van der Waals surface area contributed by atoms with E-state index in [9.17, 15) is 19.5 Å². The maximum atomic E-state index is 11.4. The highest BCUT2D eigenvalue weighted by molar-refractivity contribution is 5.86. The van der Waals surface area contributed by atoms with Crippen LogP contribution in [0, 0.1) is 5.92 Å². The maximum Gasteiger partial charge on any atom is 0.244 e. The minimum atomic E-state index is -1.39. The molecule has 1 unspecified atom stereocenters. The van der Waals surface area contributed by atoms with Crippen molar-refractivity contribution in [3.8, 4) is 0 Å². The monoisotopic (exact) mass is 231 g/mol. The van der Waals surface area contributed by atoms with Gasteiger partial charge in [-0.25, -0.2) is 5.48 Å². The maximum absolute atomic E-state index is 11.4. The van der Waals surface area contributed by atoms with E-state index in [0.717, 1.165) is 0 Å². The standard InChI is InChI=1S/C9H16N2O5/c1-2-3-6(4-7(12)11-16)9(15)10-5-8(13)14/h6,16H,2-5H2,1H3,(H,10,15)(H,11,12)(H,13,14)/p-1. The van der Waals surface area contributed by atoms with Gasteiger partial charge in [0.25, 0.3) is 0 Å². The highest BCUT2D eigenvalue weighted by atomic mass is 16.5. The first kappa shape index (κ1) is 14.4. The number of hydrogen-bond donors (Lipinski definition) is 3. The van der Waals surface area contributed by atoms with E-state index >= 15 is 0 Å². The number of nitrogens with one attached hydrogen (secondary N) is 2. The van der Waals surface area contributed by atoms with Crippen molar-refractivity contribution >= 4 is 17.8 Å². The Morgan fingerprint density at radius 1 is 1.38 bits per heavy atom. The summed E-state index contributed by atoms with van der Waals surface area (Å²) in [5.41, 5.74) is 1.43. The van der Waals surface area contributed by atoms with E-state index in [1.165, 1.54) is 5.48 Å². The number of carboxylic acid groups (broad SMARTS) is 1. The Hall–Kier alpha value is -1.63. The van der Waals surface area contributed by atoms with E-state index in [0.29, 0.717) is 12.8 Å². The van der Waals surface area contributed by atoms with Crippen molar-refractivity contribution in [1.29, 1.82) is 0 Å². The van der Waals surface area contributed by atoms with Gasteiger partial charge in [-0.15, -0.1) is 0 Å². The lowest BCUT2D eigenvalue weighted by Crippen LogP contribution is -2.41. The number of rotatable bonds is 7. The summed E-state index contributed by atoms with van der Waals surface area (Å²) >= 11 is 0. The number of amides is 2. The molecule has 7 heteroatoms. The van der Waals surface area contributed by atoms with E-state index < -0.39 is 30.2 Å². The smallest absolute Gasteiger partial charge is 0.244 e. The molecule has 0 aromatic heterocycles. The van der Waals surface area contributed by atoms with Crippen molar-refractivity contribution in [3.63, 3.8) is 0 Å². The van der Waals surface area contributed by atoms with Gasteiger partial charge in [-0.05, 0) is 6.42 Å². The Bertz CT molecular complexity index is 267. The molecule has 0 bridgehead atoms. The molecule has 0 spiro atoms. The average Bonchev–Trinajstić information content (AvgIpc) is 2.24. The van der Waals surface area contributed by atoms with Crippen LogP contribution in [0.4, 0.5) is 0 Å². The second kappa shape index (κ2) is 7.63. The average molecular weight is 231 g/mol. The van der Waals surface area contributed by atoms with E-state index in [-0.39, 0.29) is 6.42 Å². The zero-order valence-corrected chi connectivity index (χ0v) is 8.99. The highest BCUT2D eigenvalue weighted by Gasteiger charge is 2.20. The molecule has 0 saturated carbocycles. The fraction of sp³-hybridized carbons (Fsp3) is 0.667. The quantitative estimate of drug-likeness (QED) is 0.351. The summed E-state index contributed by atoms with van der Waals surface area (Å²) in [5.74, 6) is -3.25. The Morgan fingerprint density at radius 2 is 2.00 bits per heavy atom. The van der Waals surface area contributed by atoms with Crippen LogP contribution in [0.25, 0.3) is 0 Å². The number of carbonyl (C=O) groups excluding carboxylic acids is 3. The highest BCUT2D eigenvalue weighted by Crippen LogP contribution is 2.11. The number of carboxylic acids is 1. The molecular weight excluding hydrogens is 216 g/mol. The van der Waals surface area contributed by atoms with Gasteiger partial charge in [-0.2, -0.15) is 0 Å². The third-order valence-corrected chi connectivity index (χ3v) is 1.97. The second-order valence-electron chi connectivity index (χ2n) is 3.31. The van der Waals surface area contributed by atoms with Gasteiger partial charge in [0.15, 0.2) is 0 Å². The molecule has 2 amide bonds. The third kappa shape index (κ3) is 5.97. The van der Waals surface area contributed by atoms with Crippen molar-refractivity contribution in [3.05, 3.63) is 0 Å². The van der Waals surface area contributed by atoms with Crippen molar-refractivity contribution < 1.29 is 24.7 Å². The van der Waals surface area contributed by atoms with Gasteiger partial charge >= 0.3 is 0 Å². The number of aliphatic carboxylic acids is 1. The normalized spacial score (nSPS) is 11.6. The molecule has 16 heavy (non-hydrogen) atoms. The predicted molar refractivity (Wildman–Crippen MR) is 51.0 cm³/mol. The lowest BCUT2D eigenvalue weighted by Gasteiger charge is -2.15. The summed E-state index contributed by atoms with van der Waals surface area (Å²) in [6.07, 6.45) is 0.928. The van der Waals surface area contributed by atoms with Crippen LogP contribution in [0.3, 0.4) is 0 Å². The van der Waals surface area contributed by atoms with Crippen molar-refractivity contribution in [1.82, 2.24) is 10.8 Å². The summed E-state index contributed by atoms with van der Waals surface area (Å²) in [7, 11) is 0. The van der Waals surface area contributed by atoms with E-state index in [2.05, 4.69) is 5.32 Å². The zero-order valence-electron chi connectivity index (χ0n) is 8.99. The predicted octanol–water partition coefficient (Wildman–Crippen LogP) is -1.84. The summed E-state index contributed by atoms with van der Waals surface area (Å²) in [5, 5.41) is 20.6. The molecule has 3 N–H and O–H groups in total. The summed E-state index contributed by atoms with van der Waals surface area (Å²) in [6, 6.07) is 0. The van der Waals surface area contributed by atoms with Crippen molar-refractivity contribution in [2.75, 3.05) is 6.54 Å². The summed E-state index contributed by atoms with van der Waals surface area (Å²) in [6.45, 7) is 1.25. The van der Waals surface area contributed by atoms with Gasteiger partial charge in [0.1, 0.15) is 0 Å². The second-order valence-corrected chi connectivity index (χ2v) is 3.31. The molecule has 0 aliphatic carbocycles. The molecule has 0 fully saturated rings. The molecule has 0 saturated heterocycles. The lowest BCUT2D eigenvalue weighted by atomic mass is 9.98. The van der Waals surface area contributed by atoms with E-state index in [1.54, 1.807) is 0 Å². The molecule has 0 aromatic carbocycles. The first-order valence-electron chi connectivity index (χ1n) is 4.91. The third-order valence-electron chi connectivity index (χ3n) is 1.97. The summed E-state index contributed by atoms with van der Waals surface area (Å²) in [4.78, 5) is 32.4. The minimum Gasteiger partial charge on any atom is -0.548 e. The number of hydrogen-bond acceptors (Lipinski definition) is 5. The number of hydroxylamine groups is 1. The molecule has 1 atom stereocenters. The van der Waals surface area contributed by atoms with Crippen molar-refractivity contribution in [2.24, 2.45) is 5.92 Å². The lowest BCUT2D eigenvalue weighted by molar-refractivity contribution is -0.304. The molecule has 0 aliphatic rings. The van der Waals surface area contributed by atoms with Crippen LogP contribution in [-0.4, -0.2) is 29.5 Å². The van der Waals surface area contributed by atoms with Crippen LogP contribution >= 0.6 is 0 Å². The Morgan fingerprint density at radius 3 is 2.44 bits per heavy atom. The molecule has 0 aromatic rings. The molecule has 0 radical (unpaired) electrons. The van der Waals surface area contributed by atoms with Crippen LogP contribution in [0.2, 0.25) is 0 Å². The van der Waals surface area contributed by atoms with Crippen LogP contribution in [0.1, 0.15) is 26.2 Å². The fourth-order valence-corrected chi connectivity index (χ4v) is 1.25. The molecule has 0 rings (SSSR count). The summed E-state index contributed by atoms with van der Waals surface area (Å²) < 4.78 is 0. The Balaban J connectivity index is 4.22. The van der Waals surface area contributed by atoms with Crippen LogP contribution < -0.4 is 15.9 Å². The number of carbonyl (C=O) groups is 3. The molecule has 7 nitrogen and oxygen atoms in total. The van der Waals surface area contributed by atoms with Crippen LogP contribution in [0.15, 0.2) is 0 Å².